The molecule has 4 amide bonds. The molecule has 6 aliphatic rings. The van der Waals surface area contributed by atoms with Gasteiger partial charge in [-0.1, -0.05) is 25.4 Å². The number of rotatable bonds is 11. The minimum atomic E-state index is -4.86. The molecule has 0 unspecified atom stereocenters. The number of methoxy groups -OCH3 is 2. The third-order valence-corrected chi connectivity index (χ3v) is 16.6. The number of nitrogens with one attached hydrogen (secondary N) is 4. The molecule has 4 aliphatic heterocycles. The van der Waals surface area contributed by atoms with E-state index < -0.39 is 71.4 Å². The van der Waals surface area contributed by atoms with Crippen LogP contribution >= 0.6 is 11.6 Å². The lowest BCUT2D eigenvalue weighted by molar-refractivity contribution is -0.222. The lowest BCUT2D eigenvalue weighted by Gasteiger charge is -2.38. The van der Waals surface area contributed by atoms with E-state index in [0.29, 0.717) is 58.4 Å². The Balaban J connectivity index is 0.951. The lowest BCUT2D eigenvalue weighted by atomic mass is 9.82. The summed E-state index contributed by atoms with van der Waals surface area (Å²) < 4.78 is 109. The largest absolute Gasteiger partial charge is 0.488 e. The predicted octanol–water partition coefficient (Wildman–Crippen LogP) is 10.4. The van der Waals surface area contributed by atoms with Gasteiger partial charge in [-0.15, -0.1) is 0 Å². The number of likely N-dealkylation sites (tertiary alicyclic amines) is 2. The zero-order chi connectivity index (χ0) is 53.4. The van der Waals surface area contributed by atoms with Crippen LogP contribution in [0.2, 0.25) is 5.15 Å². The molecule has 4 fully saturated rings. The highest BCUT2D eigenvalue weighted by Crippen LogP contribution is 2.61. The molecule has 398 valence electrons. The Morgan fingerprint density at radius 2 is 1.09 bits per heavy atom. The highest BCUT2D eigenvalue weighted by atomic mass is 35.5. The first-order valence-electron chi connectivity index (χ1n) is 24.5. The number of imidazole rings is 2. The second kappa shape index (κ2) is 17.4. The van der Waals surface area contributed by atoms with Crippen LogP contribution in [0.15, 0.2) is 24.3 Å². The van der Waals surface area contributed by atoms with Crippen molar-refractivity contribution in [1.29, 1.82) is 0 Å². The normalized spacial score (nSPS) is 21.0. The van der Waals surface area contributed by atoms with Crippen LogP contribution in [0.25, 0.3) is 33.6 Å². The number of alkyl carbamates (subject to hydrolysis) is 2. The van der Waals surface area contributed by atoms with Gasteiger partial charge in [0, 0.05) is 46.5 Å². The van der Waals surface area contributed by atoms with Crippen molar-refractivity contribution in [3.63, 3.8) is 0 Å². The zero-order valence-electron chi connectivity index (χ0n) is 42.0. The second-order valence-corrected chi connectivity index (χ2v) is 22.7. The third-order valence-electron chi connectivity index (χ3n) is 16.4. The number of carbonyl (C=O) groups excluding carboxylic acids is 4. The molecule has 4 aromatic rings. The SMILES string of the molecule is COC(=O)N[C@H](C(=O)N1CC2(CC2)C[C@H]1c1nc(Cl)c(-c2cc3c4c(c2)OCc2cc(-c5[nH]c([C@@H]6CC7(CC7)CN6C(=O)[C@@H](NC(=O)OC)C(C)(C)C(F)(F)F)nc5C(C)C)cc(c2-4)OC3)[nH]1)C(C)(C)C(F)(F)F. The minimum Gasteiger partial charge on any atom is -0.488 e. The van der Waals surface area contributed by atoms with Crippen molar-refractivity contribution < 1.29 is 64.5 Å². The summed E-state index contributed by atoms with van der Waals surface area (Å²) in [5.74, 6) is -0.142. The Hall–Kier alpha value is -6.19. The van der Waals surface area contributed by atoms with E-state index in [1.807, 2.05) is 38.1 Å². The van der Waals surface area contributed by atoms with E-state index in [-0.39, 0.29) is 54.0 Å². The second-order valence-electron chi connectivity index (χ2n) is 22.4. The van der Waals surface area contributed by atoms with E-state index in [4.69, 9.17) is 26.1 Å². The van der Waals surface area contributed by atoms with Crippen LogP contribution in [-0.4, -0.2) is 105 Å². The maximum Gasteiger partial charge on any atom is 0.407 e. The zero-order valence-corrected chi connectivity index (χ0v) is 42.7. The van der Waals surface area contributed by atoms with Gasteiger partial charge >= 0.3 is 24.5 Å². The number of hydrogen-bond donors (Lipinski definition) is 4. The molecule has 2 saturated carbocycles. The summed E-state index contributed by atoms with van der Waals surface area (Å²) in [5.41, 5.74) is 0.303. The van der Waals surface area contributed by atoms with Crippen molar-refractivity contribution in [3.05, 3.63) is 57.9 Å². The number of ether oxygens (including phenoxy) is 4. The fourth-order valence-corrected chi connectivity index (χ4v) is 11.4. The molecule has 2 aromatic carbocycles. The van der Waals surface area contributed by atoms with Gasteiger partial charge in [-0.3, -0.25) is 9.59 Å². The van der Waals surface area contributed by atoms with Crippen molar-refractivity contribution in [3.8, 4) is 45.1 Å². The van der Waals surface area contributed by atoms with Gasteiger partial charge < -0.3 is 49.3 Å². The average Bonchev–Trinajstić information content (AvgIpc) is 4.00. The van der Waals surface area contributed by atoms with Gasteiger partial charge in [0.25, 0.3) is 0 Å². The number of aromatic nitrogens is 4. The number of amides is 4. The minimum absolute atomic E-state index is 0.0644. The number of aromatic amines is 2. The summed E-state index contributed by atoms with van der Waals surface area (Å²) >= 11 is 6.86. The molecule has 16 nitrogen and oxygen atoms in total. The smallest absolute Gasteiger partial charge is 0.407 e. The van der Waals surface area contributed by atoms with Gasteiger partial charge in [0.1, 0.15) is 48.4 Å². The number of alkyl halides is 6. The molecule has 2 saturated heterocycles. The quantitative estimate of drug-likeness (QED) is 0.105. The van der Waals surface area contributed by atoms with E-state index in [0.717, 1.165) is 89.9 Å². The van der Waals surface area contributed by atoms with Crippen molar-refractivity contribution in [1.82, 2.24) is 40.4 Å². The summed E-state index contributed by atoms with van der Waals surface area (Å²) in [6.45, 7) is 8.03. The first-order valence-corrected chi connectivity index (χ1v) is 24.9. The van der Waals surface area contributed by atoms with Gasteiger partial charge in [0.15, 0.2) is 5.15 Å². The number of hydrogen-bond acceptors (Lipinski definition) is 10. The molecule has 0 bridgehead atoms. The van der Waals surface area contributed by atoms with Gasteiger partial charge in [-0.25, -0.2) is 19.6 Å². The maximum atomic E-state index is 14.5. The highest BCUT2D eigenvalue weighted by molar-refractivity contribution is 6.32. The van der Waals surface area contributed by atoms with Crippen molar-refractivity contribution in [2.24, 2.45) is 21.7 Å². The third kappa shape index (κ3) is 8.55. The summed E-state index contributed by atoms with van der Waals surface area (Å²) in [4.78, 5) is 72.6. The van der Waals surface area contributed by atoms with Crippen LogP contribution < -0.4 is 20.1 Å². The lowest BCUT2D eigenvalue weighted by Crippen LogP contribution is -2.60. The first kappa shape index (κ1) is 51.3. The number of nitrogens with zero attached hydrogens (tertiary/aromatic N) is 4. The summed E-state index contributed by atoms with van der Waals surface area (Å²) in [5, 5.41) is 4.40. The van der Waals surface area contributed by atoms with E-state index in [2.05, 4.69) is 35.1 Å². The molecule has 74 heavy (non-hydrogen) atoms. The van der Waals surface area contributed by atoms with Crippen LogP contribution in [0.3, 0.4) is 0 Å². The Kier molecular flexibility index (Phi) is 12.1. The summed E-state index contributed by atoms with van der Waals surface area (Å²) in [7, 11) is 2.03. The number of carbonyl (C=O) groups is 4. The predicted molar refractivity (Wildman–Crippen MR) is 255 cm³/mol. The maximum absolute atomic E-state index is 14.5. The van der Waals surface area contributed by atoms with Crippen molar-refractivity contribution in [2.75, 3.05) is 27.3 Å². The van der Waals surface area contributed by atoms with E-state index in [9.17, 15) is 45.5 Å². The van der Waals surface area contributed by atoms with E-state index >= 15 is 0 Å². The van der Waals surface area contributed by atoms with Crippen molar-refractivity contribution >= 4 is 35.6 Å². The molecular formula is C51H57ClF6N8O8. The number of benzene rings is 2. The van der Waals surface area contributed by atoms with Crippen molar-refractivity contribution in [2.45, 2.75) is 136 Å². The van der Waals surface area contributed by atoms with E-state index in [1.54, 1.807) is 0 Å². The fraction of sp³-hybridized carbons (Fsp3) is 0.569. The molecule has 10 rings (SSSR count). The monoisotopic (exact) mass is 1060 g/mol. The van der Waals surface area contributed by atoms with Crippen LogP contribution in [-0.2, 0) is 32.3 Å². The first-order chi connectivity index (χ1) is 34.6. The molecule has 23 heteroatoms. The molecule has 0 radical (unpaired) electrons. The Morgan fingerprint density at radius 3 is 1.49 bits per heavy atom. The Labute approximate surface area is 426 Å². The molecule has 4 N–H and O–H groups in total. The number of H-pyrrole nitrogens is 2. The molecule has 2 spiro atoms. The van der Waals surface area contributed by atoms with Crippen LogP contribution in [0.4, 0.5) is 35.9 Å². The van der Waals surface area contributed by atoms with Gasteiger partial charge in [-0.05, 0) is 107 Å². The summed E-state index contributed by atoms with van der Waals surface area (Å²) in [6.07, 6.45) is -8.04. The molecule has 2 aromatic heterocycles. The molecule has 2 aliphatic carbocycles. The van der Waals surface area contributed by atoms with Crippen LogP contribution in [0, 0.1) is 21.7 Å². The Bertz CT molecular complexity index is 2930. The van der Waals surface area contributed by atoms with Gasteiger partial charge in [0.2, 0.25) is 11.8 Å². The molecule has 6 heterocycles. The van der Waals surface area contributed by atoms with E-state index in [1.165, 1.54) is 9.80 Å². The summed E-state index contributed by atoms with van der Waals surface area (Å²) in [6, 6.07) is 2.10. The standard InChI is InChI=1S/C51H57ClF6N8O8/c1-23(2)34-35(60-40(59-34)28-17-48(9-10-48)21-65(28)42(67)37(62-44(69)71-7)46(3,4)50(53,54)55)24-13-26-19-74-31-16-25(14-27-20-73-30(15-24)32(26)33(27)31)36-39(52)64-41(61-36)29-18-49(11-12-49)22-66(29)43(68)38(63-45(70)72-8)47(5,6)51(56,57)58/h13-16,23,28-29,37-38H,9-12,17-22H2,1-8H3,(H,59,60)(H,61,64)(H,62,69)(H,63,70)/t28-,29-,37+,38+/m0/s1. The number of halogens is 7. The fourth-order valence-electron chi connectivity index (χ4n) is 11.1. The average molecular weight is 1060 g/mol. The molecule has 4 atom stereocenters. The Morgan fingerprint density at radius 1 is 0.689 bits per heavy atom. The van der Waals surface area contributed by atoms with Crippen LogP contribution in [0.1, 0.15) is 127 Å². The van der Waals surface area contributed by atoms with Crippen LogP contribution in [0.5, 0.6) is 11.5 Å². The van der Waals surface area contributed by atoms with Gasteiger partial charge in [-0.2, -0.15) is 26.3 Å². The topological polar surface area (TPSA) is 193 Å². The highest BCUT2D eigenvalue weighted by Gasteiger charge is 2.62. The van der Waals surface area contributed by atoms with Gasteiger partial charge in [0.05, 0.1) is 54.2 Å². The molecular weight excluding hydrogens is 1000 g/mol.